The third kappa shape index (κ3) is 2.30. The van der Waals surface area contributed by atoms with Crippen molar-refractivity contribution in [1.82, 2.24) is 9.55 Å². The summed E-state index contributed by atoms with van der Waals surface area (Å²) in [5.74, 6) is 0.938. The molecule has 0 amide bonds. The SMILES string of the molecule is Cn1c(-c2ccc(Br)cc2Br)nc2cc(CN)ccc21. The van der Waals surface area contributed by atoms with Gasteiger partial charge in [0.25, 0.3) is 0 Å². The zero-order valence-corrected chi connectivity index (χ0v) is 14.1. The fourth-order valence-electron chi connectivity index (χ4n) is 2.28. The normalized spacial score (nSPS) is 11.2. The zero-order valence-electron chi connectivity index (χ0n) is 10.9. The van der Waals surface area contributed by atoms with Crippen LogP contribution in [0.1, 0.15) is 5.56 Å². The summed E-state index contributed by atoms with van der Waals surface area (Å²) in [6.07, 6.45) is 0. The Labute approximate surface area is 134 Å². The van der Waals surface area contributed by atoms with Gasteiger partial charge in [0, 0.05) is 28.1 Å². The number of imidazole rings is 1. The van der Waals surface area contributed by atoms with Crippen molar-refractivity contribution >= 4 is 42.9 Å². The molecule has 0 unspecified atom stereocenters. The van der Waals surface area contributed by atoms with E-state index in [1.165, 1.54) is 0 Å². The van der Waals surface area contributed by atoms with E-state index in [4.69, 9.17) is 10.7 Å². The summed E-state index contributed by atoms with van der Waals surface area (Å²) in [6.45, 7) is 0.532. The van der Waals surface area contributed by atoms with E-state index in [0.29, 0.717) is 6.54 Å². The molecule has 0 aliphatic carbocycles. The first-order valence-corrected chi connectivity index (χ1v) is 7.79. The van der Waals surface area contributed by atoms with Gasteiger partial charge >= 0.3 is 0 Å². The maximum atomic E-state index is 5.69. The van der Waals surface area contributed by atoms with Crippen molar-refractivity contribution in [2.45, 2.75) is 6.54 Å². The molecule has 0 radical (unpaired) electrons. The zero-order chi connectivity index (χ0) is 14.3. The number of aromatic nitrogens is 2. The van der Waals surface area contributed by atoms with Crippen LogP contribution in [0.15, 0.2) is 45.3 Å². The molecule has 0 spiro atoms. The fourth-order valence-corrected chi connectivity index (χ4v) is 3.51. The minimum absolute atomic E-state index is 0.532. The molecule has 5 heteroatoms. The highest BCUT2D eigenvalue weighted by atomic mass is 79.9. The molecule has 1 aromatic heterocycles. The molecular formula is C15H13Br2N3. The summed E-state index contributed by atoms with van der Waals surface area (Å²) in [7, 11) is 2.03. The van der Waals surface area contributed by atoms with Crippen molar-refractivity contribution in [1.29, 1.82) is 0 Å². The van der Waals surface area contributed by atoms with Gasteiger partial charge in [0.05, 0.1) is 11.0 Å². The molecule has 2 N–H and O–H groups in total. The van der Waals surface area contributed by atoms with Crippen LogP contribution in [-0.4, -0.2) is 9.55 Å². The smallest absolute Gasteiger partial charge is 0.142 e. The Morgan fingerprint density at radius 3 is 2.65 bits per heavy atom. The molecule has 102 valence electrons. The molecule has 0 atom stereocenters. The van der Waals surface area contributed by atoms with Gasteiger partial charge in [-0.25, -0.2) is 4.98 Å². The highest BCUT2D eigenvalue weighted by molar-refractivity contribution is 9.11. The van der Waals surface area contributed by atoms with Crippen LogP contribution in [0.4, 0.5) is 0 Å². The average Bonchev–Trinajstić information content (AvgIpc) is 2.75. The molecule has 3 nitrogen and oxygen atoms in total. The van der Waals surface area contributed by atoms with Gasteiger partial charge in [-0.05, 0) is 51.8 Å². The number of hydrogen-bond donors (Lipinski definition) is 1. The maximum Gasteiger partial charge on any atom is 0.142 e. The lowest BCUT2D eigenvalue weighted by Crippen LogP contribution is -1.96. The van der Waals surface area contributed by atoms with Gasteiger partial charge in [0.1, 0.15) is 5.82 Å². The van der Waals surface area contributed by atoms with Crippen LogP contribution in [0.2, 0.25) is 0 Å². The van der Waals surface area contributed by atoms with Crippen molar-refractivity contribution in [3.63, 3.8) is 0 Å². The molecule has 0 aliphatic rings. The van der Waals surface area contributed by atoms with Gasteiger partial charge in [0.2, 0.25) is 0 Å². The highest BCUT2D eigenvalue weighted by Gasteiger charge is 2.12. The highest BCUT2D eigenvalue weighted by Crippen LogP contribution is 2.32. The summed E-state index contributed by atoms with van der Waals surface area (Å²) in [5.41, 5.74) is 9.93. The Morgan fingerprint density at radius 1 is 1.15 bits per heavy atom. The van der Waals surface area contributed by atoms with Crippen molar-refractivity contribution in [2.24, 2.45) is 12.8 Å². The van der Waals surface area contributed by atoms with Gasteiger partial charge in [-0.1, -0.05) is 22.0 Å². The van der Waals surface area contributed by atoms with E-state index in [1.807, 2.05) is 31.3 Å². The van der Waals surface area contributed by atoms with E-state index in [0.717, 1.165) is 36.9 Å². The third-order valence-electron chi connectivity index (χ3n) is 3.35. The predicted molar refractivity (Wildman–Crippen MR) is 89.4 cm³/mol. The van der Waals surface area contributed by atoms with Gasteiger partial charge < -0.3 is 10.3 Å². The number of fused-ring (bicyclic) bond motifs is 1. The number of rotatable bonds is 2. The van der Waals surface area contributed by atoms with Crippen LogP contribution < -0.4 is 5.73 Å². The van der Waals surface area contributed by atoms with Gasteiger partial charge in [0.15, 0.2) is 0 Å². The molecule has 0 saturated carbocycles. The summed E-state index contributed by atoms with van der Waals surface area (Å²) in [5, 5.41) is 0. The number of nitrogens with two attached hydrogens (primary N) is 1. The molecule has 0 bridgehead atoms. The first kappa shape index (κ1) is 13.8. The summed E-state index contributed by atoms with van der Waals surface area (Å²) in [6, 6.07) is 12.3. The second kappa shape index (κ2) is 5.31. The summed E-state index contributed by atoms with van der Waals surface area (Å²) < 4.78 is 4.16. The van der Waals surface area contributed by atoms with E-state index in [-0.39, 0.29) is 0 Å². The van der Waals surface area contributed by atoms with Crippen LogP contribution in [0.25, 0.3) is 22.4 Å². The standard InChI is InChI=1S/C15H13Br2N3/c1-20-14-5-2-9(8-18)6-13(14)19-15(20)11-4-3-10(16)7-12(11)17/h2-7H,8,18H2,1H3. The van der Waals surface area contributed by atoms with Crippen LogP contribution in [-0.2, 0) is 13.6 Å². The maximum absolute atomic E-state index is 5.69. The monoisotopic (exact) mass is 393 g/mol. The third-order valence-corrected chi connectivity index (χ3v) is 4.50. The Bertz CT molecular complexity index is 793. The van der Waals surface area contributed by atoms with Gasteiger partial charge in [-0.2, -0.15) is 0 Å². The first-order valence-electron chi connectivity index (χ1n) is 6.21. The molecule has 0 aliphatic heterocycles. The largest absolute Gasteiger partial charge is 0.327 e. The van der Waals surface area contributed by atoms with E-state index < -0.39 is 0 Å². The number of aryl methyl sites for hydroxylation is 1. The Kier molecular flexibility index (Phi) is 3.67. The minimum Gasteiger partial charge on any atom is -0.327 e. The van der Waals surface area contributed by atoms with Gasteiger partial charge in [-0.15, -0.1) is 0 Å². The van der Waals surface area contributed by atoms with Crippen LogP contribution in [0.3, 0.4) is 0 Å². The van der Waals surface area contributed by atoms with Crippen molar-refractivity contribution in [3.05, 3.63) is 50.9 Å². The Morgan fingerprint density at radius 2 is 1.95 bits per heavy atom. The molecule has 1 heterocycles. The lowest BCUT2D eigenvalue weighted by Gasteiger charge is -2.05. The quantitative estimate of drug-likeness (QED) is 0.706. The molecule has 0 fully saturated rings. The predicted octanol–water partition coefficient (Wildman–Crippen LogP) is 4.22. The lowest BCUT2D eigenvalue weighted by molar-refractivity contribution is 0.958. The van der Waals surface area contributed by atoms with Crippen molar-refractivity contribution < 1.29 is 0 Å². The molecule has 3 rings (SSSR count). The van der Waals surface area contributed by atoms with E-state index in [1.54, 1.807) is 0 Å². The van der Waals surface area contributed by atoms with Gasteiger partial charge in [-0.3, -0.25) is 0 Å². The molecule has 3 aromatic rings. The van der Waals surface area contributed by atoms with Crippen LogP contribution in [0.5, 0.6) is 0 Å². The summed E-state index contributed by atoms with van der Waals surface area (Å²) >= 11 is 7.07. The van der Waals surface area contributed by atoms with Crippen LogP contribution in [0, 0.1) is 0 Å². The van der Waals surface area contributed by atoms with E-state index in [2.05, 4.69) is 48.6 Å². The minimum atomic E-state index is 0.532. The second-order valence-corrected chi connectivity index (χ2v) is 6.42. The van der Waals surface area contributed by atoms with Crippen molar-refractivity contribution in [3.8, 4) is 11.4 Å². The molecule has 2 aromatic carbocycles. The molecular weight excluding hydrogens is 382 g/mol. The number of nitrogens with zero attached hydrogens (tertiary/aromatic N) is 2. The number of halogens is 2. The van der Waals surface area contributed by atoms with Crippen LogP contribution >= 0.6 is 31.9 Å². The fraction of sp³-hybridized carbons (Fsp3) is 0.133. The van der Waals surface area contributed by atoms with E-state index in [9.17, 15) is 0 Å². The topological polar surface area (TPSA) is 43.8 Å². The Hall–Kier alpha value is -1.17. The summed E-state index contributed by atoms with van der Waals surface area (Å²) in [4.78, 5) is 4.74. The molecule has 0 saturated heterocycles. The lowest BCUT2D eigenvalue weighted by atomic mass is 10.2. The number of benzene rings is 2. The molecule has 20 heavy (non-hydrogen) atoms. The Balaban J connectivity index is 2.23. The number of hydrogen-bond acceptors (Lipinski definition) is 2. The first-order chi connectivity index (χ1) is 9.60. The van der Waals surface area contributed by atoms with Crippen molar-refractivity contribution in [2.75, 3.05) is 0 Å². The van der Waals surface area contributed by atoms with E-state index >= 15 is 0 Å². The second-order valence-electron chi connectivity index (χ2n) is 4.65. The average molecular weight is 395 g/mol.